The van der Waals surface area contributed by atoms with Gasteiger partial charge in [0.15, 0.2) is 0 Å². The highest BCUT2D eigenvalue weighted by atomic mass is 16.5. The fourth-order valence-electron chi connectivity index (χ4n) is 1.21. The van der Waals surface area contributed by atoms with Gasteiger partial charge in [-0.15, -0.1) is 0 Å². The van der Waals surface area contributed by atoms with Crippen LogP contribution in [0.15, 0.2) is 24.3 Å². The van der Waals surface area contributed by atoms with Gasteiger partial charge in [0.05, 0.1) is 24.7 Å². The molecule has 2 N–H and O–H groups in total. The molecule has 0 saturated heterocycles. The zero-order chi connectivity index (χ0) is 12.0. The highest BCUT2D eigenvalue weighted by molar-refractivity contribution is 5.88. The summed E-state index contributed by atoms with van der Waals surface area (Å²) in [5.41, 5.74) is 1.26. The predicted molar refractivity (Wildman–Crippen MR) is 60.1 cm³/mol. The van der Waals surface area contributed by atoms with Crippen molar-refractivity contribution in [2.24, 2.45) is 0 Å². The van der Waals surface area contributed by atoms with Gasteiger partial charge in [-0.3, -0.25) is 15.1 Å². The Labute approximate surface area is 93.9 Å². The van der Waals surface area contributed by atoms with Gasteiger partial charge in [-0.25, -0.2) is 0 Å². The molecule has 0 spiro atoms. The number of hydrogen-bond acceptors (Lipinski definition) is 4. The summed E-state index contributed by atoms with van der Waals surface area (Å²) in [5.74, 6) is -0.141. The Hall–Kier alpha value is -2.06. The molecule has 1 rings (SSSR count). The van der Waals surface area contributed by atoms with Gasteiger partial charge >= 0.3 is 0 Å². The molecule has 0 aromatic heterocycles. The van der Waals surface area contributed by atoms with Gasteiger partial charge in [-0.05, 0) is 24.3 Å². The van der Waals surface area contributed by atoms with Gasteiger partial charge in [0.25, 0.3) is 0 Å². The third kappa shape index (κ3) is 3.59. The lowest BCUT2D eigenvalue weighted by Crippen LogP contribution is -2.18. The minimum absolute atomic E-state index is 0.141. The van der Waals surface area contributed by atoms with E-state index < -0.39 is 0 Å². The van der Waals surface area contributed by atoms with E-state index in [4.69, 9.17) is 5.26 Å². The van der Waals surface area contributed by atoms with Crippen molar-refractivity contribution in [1.29, 1.82) is 5.26 Å². The van der Waals surface area contributed by atoms with Crippen LogP contribution in [0.3, 0.4) is 0 Å². The summed E-state index contributed by atoms with van der Waals surface area (Å²) in [5, 5.41) is 21.5. The quantitative estimate of drug-likeness (QED) is 0.756. The van der Waals surface area contributed by atoms with E-state index in [-0.39, 0.29) is 18.9 Å². The molecule has 0 atom stereocenters. The number of anilines is 2. The molecule has 5 heteroatoms. The van der Waals surface area contributed by atoms with Gasteiger partial charge in [-0.2, -0.15) is 5.26 Å². The standard InChI is InChI=1S/C11H13N3O2/c1-9(15)13-10-3-5-11(6-4-10)14(16)8-2-7-12/h3-6,16H,2,8H2,1H3,(H,13,15). The summed E-state index contributed by atoms with van der Waals surface area (Å²) >= 11 is 0. The second kappa shape index (κ2) is 5.73. The average molecular weight is 219 g/mol. The summed E-state index contributed by atoms with van der Waals surface area (Å²) < 4.78 is 0. The van der Waals surface area contributed by atoms with Crippen molar-refractivity contribution >= 4 is 17.3 Å². The van der Waals surface area contributed by atoms with Crippen LogP contribution in [0.5, 0.6) is 0 Å². The molecular weight excluding hydrogens is 206 g/mol. The van der Waals surface area contributed by atoms with E-state index in [9.17, 15) is 10.0 Å². The monoisotopic (exact) mass is 219 g/mol. The topological polar surface area (TPSA) is 76.4 Å². The third-order valence-corrected chi connectivity index (χ3v) is 1.92. The fraction of sp³-hybridized carbons (Fsp3) is 0.273. The van der Waals surface area contributed by atoms with Crippen LogP contribution in [-0.2, 0) is 4.79 Å². The van der Waals surface area contributed by atoms with E-state index in [2.05, 4.69) is 5.32 Å². The zero-order valence-electron chi connectivity index (χ0n) is 8.97. The van der Waals surface area contributed by atoms with E-state index >= 15 is 0 Å². The van der Waals surface area contributed by atoms with Crippen molar-refractivity contribution in [2.75, 3.05) is 16.9 Å². The van der Waals surface area contributed by atoms with Crippen molar-refractivity contribution in [1.82, 2.24) is 0 Å². The van der Waals surface area contributed by atoms with E-state index in [1.54, 1.807) is 24.3 Å². The maximum absolute atomic E-state index is 10.8. The highest BCUT2D eigenvalue weighted by Gasteiger charge is 2.02. The third-order valence-electron chi connectivity index (χ3n) is 1.92. The average Bonchev–Trinajstić information content (AvgIpc) is 2.26. The molecule has 1 aromatic rings. The van der Waals surface area contributed by atoms with Crippen LogP contribution >= 0.6 is 0 Å². The minimum Gasteiger partial charge on any atom is -0.326 e. The molecule has 0 saturated carbocycles. The lowest BCUT2D eigenvalue weighted by molar-refractivity contribution is -0.114. The first-order valence-electron chi connectivity index (χ1n) is 4.84. The fourth-order valence-corrected chi connectivity index (χ4v) is 1.21. The molecule has 1 aromatic carbocycles. The molecule has 0 aliphatic heterocycles. The number of carbonyl (C=O) groups is 1. The molecule has 16 heavy (non-hydrogen) atoms. The minimum atomic E-state index is -0.141. The van der Waals surface area contributed by atoms with Crippen molar-refractivity contribution in [3.05, 3.63) is 24.3 Å². The number of nitrogens with zero attached hydrogens (tertiary/aromatic N) is 2. The Bertz CT molecular complexity index is 395. The molecule has 0 radical (unpaired) electrons. The Balaban J connectivity index is 2.64. The summed E-state index contributed by atoms with van der Waals surface area (Å²) in [7, 11) is 0. The SMILES string of the molecule is CC(=O)Nc1ccc(N(O)CCC#N)cc1. The van der Waals surface area contributed by atoms with Gasteiger partial charge in [0, 0.05) is 12.6 Å². The highest BCUT2D eigenvalue weighted by Crippen LogP contribution is 2.16. The lowest BCUT2D eigenvalue weighted by Gasteiger charge is -2.15. The molecule has 0 unspecified atom stereocenters. The van der Waals surface area contributed by atoms with Gasteiger partial charge in [-0.1, -0.05) is 0 Å². The van der Waals surface area contributed by atoms with Crippen molar-refractivity contribution in [3.63, 3.8) is 0 Å². The molecule has 0 bridgehead atoms. The largest absolute Gasteiger partial charge is 0.326 e. The first-order valence-corrected chi connectivity index (χ1v) is 4.84. The Morgan fingerprint density at radius 2 is 2.12 bits per heavy atom. The maximum atomic E-state index is 10.8. The van der Waals surface area contributed by atoms with Crippen LogP contribution in [0, 0.1) is 11.3 Å². The Morgan fingerprint density at radius 3 is 2.62 bits per heavy atom. The van der Waals surface area contributed by atoms with Crippen molar-refractivity contribution in [2.45, 2.75) is 13.3 Å². The molecule has 0 fully saturated rings. The van der Waals surface area contributed by atoms with E-state index in [0.717, 1.165) is 5.06 Å². The summed E-state index contributed by atoms with van der Waals surface area (Å²) in [6.07, 6.45) is 0.254. The van der Waals surface area contributed by atoms with Crippen LogP contribution in [0.2, 0.25) is 0 Å². The molecular formula is C11H13N3O2. The molecule has 0 aliphatic carbocycles. The number of amides is 1. The number of benzene rings is 1. The predicted octanol–water partition coefficient (Wildman–Crippen LogP) is 1.75. The molecule has 84 valence electrons. The summed E-state index contributed by atoms with van der Waals surface area (Å²) in [6.45, 7) is 1.69. The van der Waals surface area contributed by atoms with Crippen LogP contribution < -0.4 is 10.4 Å². The molecule has 5 nitrogen and oxygen atoms in total. The second-order valence-corrected chi connectivity index (χ2v) is 3.26. The second-order valence-electron chi connectivity index (χ2n) is 3.26. The van der Waals surface area contributed by atoms with Gasteiger partial charge < -0.3 is 5.32 Å². The van der Waals surface area contributed by atoms with Crippen molar-refractivity contribution in [3.8, 4) is 6.07 Å². The Morgan fingerprint density at radius 1 is 1.50 bits per heavy atom. The number of nitriles is 1. The van der Waals surface area contributed by atoms with E-state index in [1.165, 1.54) is 6.92 Å². The van der Waals surface area contributed by atoms with E-state index in [1.807, 2.05) is 6.07 Å². The van der Waals surface area contributed by atoms with Crippen molar-refractivity contribution < 1.29 is 10.0 Å². The summed E-state index contributed by atoms with van der Waals surface area (Å²) in [6, 6.07) is 8.66. The number of hydroxylamine groups is 1. The lowest BCUT2D eigenvalue weighted by atomic mass is 10.2. The smallest absolute Gasteiger partial charge is 0.221 e. The summed E-state index contributed by atoms with van der Waals surface area (Å²) in [4.78, 5) is 10.8. The Kier molecular flexibility index (Phi) is 4.30. The van der Waals surface area contributed by atoms with Gasteiger partial charge in [0.2, 0.25) is 5.91 Å². The number of carbonyl (C=O) groups excluding carboxylic acids is 1. The van der Waals surface area contributed by atoms with E-state index in [0.29, 0.717) is 11.4 Å². The zero-order valence-corrected chi connectivity index (χ0v) is 8.97. The van der Waals surface area contributed by atoms with Crippen LogP contribution in [-0.4, -0.2) is 17.7 Å². The number of rotatable bonds is 4. The number of nitrogens with one attached hydrogen (secondary N) is 1. The molecule has 1 amide bonds. The van der Waals surface area contributed by atoms with Crippen LogP contribution in [0.4, 0.5) is 11.4 Å². The maximum Gasteiger partial charge on any atom is 0.221 e. The van der Waals surface area contributed by atoms with Crippen LogP contribution in [0.25, 0.3) is 0 Å². The molecule has 0 aliphatic rings. The normalized spacial score (nSPS) is 9.31. The number of hydrogen-bond donors (Lipinski definition) is 2. The van der Waals surface area contributed by atoms with Gasteiger partial charge in [0.1, 0.15) is 0 Å². The first kappa shape index (κ1) is 12.0. The van der Waals surface area contributed by atoms with Crippen LogP contribution in [0.1, 0.15) is 13.3 Å². The first-order chi connectivity index (χ1) is 7.63. The molecule has 0 heterocycles.